The standard InChI is InChI=1S/C20H21N3OS/c1-3-13-22(16-9-5-4-6-10-16)20(24)14-23-18-12-8-7-11-17(18)21-19(23)15-25-2/h3-12H,1,13-15H2,2H3. The molecule has 0 fully saturated rings. The summed E-state index contributed by atoms with van der Waals surface area (Å²) in [6.07, 6.45) is 3.79. The third-order valence-corrected chi connectivity index (χ3v) is 4.53. The number of imidazole rings is 1. The molecule has 0 bridgehead atoms. The summed E-state index contributed by atoms with van der Waals surface area (Å²) in [4.78, 5) is 19.5. The Hall–Kier alpha value is -2.53. The molecular formula is C20H21N3OS. The number of hydrogen-bond acceptors (Lipinski definition) is 3. The SMILES string of the molecule is C=CCN(C(=O)Cn1c(CSC)nc2ccccc21)c1ccccc1. The van der Waals surface area contributed by atoms with Crippen LogP contribution in [0.5, 0.6) is 0 Å². The quantitative estimate of drug-likeness (QED) is 0.601. The lowest BCUT2D eigenvalue weighted by Gasteiger charge is -2.22. The van der Waals surface area contributed by atoms with Gasteiger partial charge in [0, 0.05) is 12.2 Å². The summed E-state index contributed by atoms with van der Waals surface area (Å²) in [5.41, 5.74) is 2.80. The van der Waals surface area contributed by atoms with Crippen molar-refractivity contribution in [3.8, 4) is 0 Å². The number of anilines is 1. The minimum atomic E-state index is 0.0246. The van der Waals surface area contributed by atoms with Crippen molar-refractivity contribution in [1.29, 1.82) is 0 Å². The zero-order valence-corrected chi connectivity index (χ0v) is 15.1. The number of thioether (sulfide) groups is 1. The first kappa shape index (κ1) is 17.3. The zero-order valence-electron chi connectivity index (χ0n) is 14.3. The molecule has 0 saturated carbocycles. The summed E-state index contributed by atoms with van der Waals surface area (Å²) in [5, 5.41) is 0. The summed E-state index contributed by atoms with van der Waals surface area (Å²) in [5.74, 6) is 1.72. The maximum absolute atomic E-state index is 13.0. The van der Waals surface area contributed by atoms with Gasteiger partial charge in [-0.3, -0.25) is 4.79 Å². The van der Waals surface area contributed by atoms with Crippen LogP contribution < -0.4 is 4.90 Å². The summed E-state index contributed by atoms with van der Waals surface area (Å²) in [6, 6.07) is 17.6. The molecule has 2 aromatic carbocycles. The largest absolute Gasteiger partial charge is 0.318 e. The van der Waals surface area contributed by atoms with Gasteiger partial charge in [0.15, 0.2) is 0 Å². The van der Waals surface area contributed by atoms with Crippen molar-refractivity contribution < 1.29 is 4.79 Å². The lowest BCUT2D eigenvalue weighted by molar-refractivity contribution is -0.119. The van der Waals surface area contributed by atoms with Crippen molar-refractivity contribution in [2.24, 2.45) is 0 Å². The number of rotatable bonds is 7. The number of benzene rings is 2. The summed E-state index contributed by atoms with van der Waals surface area (Å²) >= 11 is 1.70. The minimum absolute atomic E-state index is 0.0246. The van der Waals surface area contributed by atoms with Crippen molar-refractivity contribution in [1.82, 2.24) is 9.55 Å². The lowest BCUT2D eigenvalue weighted by Crippen LogP contribution is -2.34. The molecule has 1 amide bonds. The number of para-hydroxylation sites is 3. The second kappa shape index (κ2) is 8.03. The second-order valence-electron chi connectivity index (χ2n) is 5.66. The third kappa shape index (κ3) is 3.77. The summed E-state index contributed by atoms with van der Waals surface area (Å²) in [7, 11) is 0. The van der Waals surface area contributed by atoms with Crippen molar-refractivity contribution in [3.63, 3.8) is 0 Å². The number of fused-ring (bicyclic) bond motifs is 1. The zero-order chi connectivity index (χ0) is 17.6. The first-order valence-corrected chi connectivity index (χ1v) is 9.53. The Morgan fingerprint density at radius 1 is 1.20 bits per heavy atom. The maximum Gasteiger partial charge on any atom is 0.247 e. The number of aromatic nitrogens is 2. The first-order chi connectivity index (χ1) is 12.2. The fourth-order valence-electron chi connectivity index (χ4n) is 2.85. The monoisotopic (exact) mass is 351 g/mol. The number of carbonyl (C=O) groups is 1. The molecule has 128 valence electrons. The van der Waals surface area contributed by atoms with E-state index in [1.54, 1.807) is 22.7 Å². The molecule has 0 N–H and O–H groups in total. The van der Waals surface area contributed by atoms with Gasteiger partial charge in [0.1, 0.15) is 12.4 Å². The van der Waals surface area contributed by atoms with Gasteiger partial charge in [-0.1, -0.05) is 36.4 Å². The van der Waals surface area contributed by atoms with Crippen LogP contribution >= 0.6 is 11.8 Å². The normalized spacial score (nSPS) is 10.8. The first-order valence-electron chi connectivity index (χ1n) is 8.14. The highest BCUT2D eigenvalue weighted by Gasteiger charge is 2.18. The van der Waals surface area contributed by atoms with E-state index in [-0.39, 0.29) is 12.5 Å². The van der Waals surface area contributed by atoms with E-state index in [0.29, 0.717) is 6.54 Å². The highest BCUT2D eigenvalue weighted by atomic mass is 32.2. The van der Waals surface area contributed by atoms with E-state index in [0.717, 1.165) is 28.3 Å². The fourth-order valence-corrected chi connectivity index (χ4v) is 3.33. The van der Waals surface area contributed by atoms with Crippen LogP contribution in [0.4, 0.5) is 5.69 Å². The Morgan fingerprint density at radius 2 is 1.92 bits per heavy atom. The van der Waals surface area contributed by atoms with Crippen molar-refractivity contribution in [2.45, 2.75) is 12.3 Å². The van der Waals surface area contributed by atoms with Crippen molar-refractivity contribution >= 4 is 34.4 Å². The van der Waals surface area contributed by atoms with Crippen LogP contribution in [0, 0.1) is 0 Å². The van der Waals surface area contributed by atoms with Crippen molar-refractivity contribution in [2.75, 3.05) is 17.7 Å². The molecule has 0 radical (unpaired) electrons. The molecule has 3 aromatic rings. The predicted molar refractivity (Wildman–Crippen MR) is 106 cm³/mol. The molecule has 25 heavy (non-hydrogen) atoms. The average Bonchev–Trinajstić information content (AvgIpc) is 2.98. The smallest absolute Gasteiger partial charge is 0.247 e. The molecule has 1 heterocycles. The topological polar surface area (TPSA) is 38.1 Å². The van der Waals surface area contributed by atoms with Crippen LogP contribution in [-0.2, 0) is 17.1 Å². The highest BCUT2D eigenvalue weighted by Crippen LogP contribution is 2.20. The Kier molecular flexibility index (Phi) is 5.56. The van der Waals surface area contributed by atoms with E-state index in [1.165, 1.54) is 0 Å². The van der Waals surface area contributed by atoms with E-state index in [9.17, 15) is 4.79 Å². The number of amides is 1. The van der Waals surface area contributed by atoms with E-state index in [2.05, 4.69) is 11.6 Å². The van der Waals surface area contributed by atoms with Crippen molar-refractivity contribution in [3.05, 3.63) is 73.1 Å². The molecule has 0 unspecified atom stereocenters. The molecule has 1 aromatic heterocycles. The molecule has 0 aliphatic rings. The summed E-state index contributed by atoms with van der Waals surface area (Å²) < 4.78 is 2.02. The van der Waals surface area contributed by atoms with Gasteiger partial charge >= 0.3 is 0 Å². The van der Waals surface area contributed by atoms with Crippen LogP contribution in [-0.4, -0.2) is 28.3 Å². The number of nitrogens with zero attached hydrogens (tertiary/aromatic N) is 3. The molecule has 0 aliphatic carbocycles. The fraction of sp³-hybridized carbons (Fsp3) is 0.200. The Labute approximate surface area is 152 Å². The lowest BCUT2D eigenvalue weighted by atomic mass is 10.2. The van der Waals surface area contributed by atoms with E-state index >= 15 is 0 Å². The van der Waals surface area contributed by atoms with E-state index < -0.39 is 0 Å². The van der Waals surface area contributed by atoms with E-state index in [4.69, 9.17) is 0 Å². The van der Waals surface area contributed by atoms with Crippen LogP contribution in [0.2, 0.25) is 0 Å². The van der Waals surface area contributed by atoms with Crippen LogP contribution in [0.1, 0.15) is 5.82 Å². The van der Waals surface area contributed by atoms with Gasteiger partial charge in [-0.15, -0.1) is 6.58 Å². The van der Waals surface area contributed by atoms with Gasteiger partial charge in [0.25, 0.3) is 0 Å². The van der Waals surface area contributed by atoms with Crippen LogP contribution in [0.3, 0.4) is 0 Å². The number of carbonyl (C=O) groups excluding carboxylic acids is 1. The molecule has 3 rings (SSSR count). The summed E-state index contributed by atoms with van der Waals surface area (Å²) in [6.45, 7) is 4.53. The molecule has 4 nitrogen and oxygen atoms in total. The minimum Gasteiger partial charge on any atom is -0.318 e. The van der Waals surface area contributed by atoms with Gasteiger partial charge in [-0.25, -0.2) is 4.98 Å². The van der Waals surface area contributed by atoms with Crippen LogP contribution in [0.15, 0.2) is 67.3 Å². The molecule has 0 atom stereocenters. The molecule has 0 spiro atoms. The number of hydrogen-bond donors (Lipinski definition) is 0. The van der Waals surface area contributed by atoms with E-state index in [1.807, 2.05) is 65.4 Å². The Morgan fingerprint density at radius 3 is 2.64 bits per heavy atom. The third-order valence-electron chi connectivity index (χ3n) is 3.98. The molecule has 0 aliphatic heterocycles. The maximum atomic E-state index is 13.0. The van der Waals surface area contributed by atoms with Gasteiger partial charge in [0.2, 0.25) is 5.91 Å². The predicted octanol–water partition coefficient (Wildman–Crippen LogP) is 4.12. The Balaban J connectivity index is 1.94. The highest BCUT2D eigenvalue weighted by molar-refractivity contribution is 7.97. The van der Waals surface area contributed by atoms with Gasteiger partial charge in [0.05, 0.1) is 16.8 Å². The van der Waals surface area contributed by atoms with Crippen LogP contribution in [0.25, 0.3) is 11.0 Å². The van der Waals surface area contributed by atoms with Gasteiger partial charge in [-0.05, 0) is 30.5 Å². The second-order valence-corrected chi connectivity index (χ2v) is 6.53. The Bertz CT molecular complexity index is 873. The average molecular weight is 351 g/mol. The van der Waals surface area contributed by atoms with Gasteiger partial charge < -0.3 is 9.47 Å². The molecular weight excluding hydrogens is 330 g/mol. The molecule has 5 heteroatoms. The molecule has 0 saturated heterocycles. The van der Waals surface area contributed by atoms with Gasteiger partial charge in [-0.2, -0.15) is 11.8 Å².